The Morgan fingerprint density at radius 1 is 1.33 bits per heavy atom. The quantitative estimate of drug-likeness (QED) is 0.708. The molecule has 0 radical (unpaired) electrons. The Labute approximate surface area is 91.0 Å². The van der Waals surface area contributed by atoms with Gasteiger partial charge in [0.2, 0.25) is 0 Å². The van der Waals surface area contributed by atoms with E-state index in [9.17, 15) is 13.5 Å². The van der Waals surface area contributed by atoms with E-state index in [0.29, 0.717) is 12.2 Å². The van der Waals surface area contributed by atoms with Crippen LogP contribution in [0.3, 0.4) is 0 Å². The molecule has 0 aromatic heterocycles. The van der Waals surface area contributed by atoms with Crippen molar-refractivity contribution >= 4 is 9.84 Å². The number of piperidine rings is 1. The van der Waals surface area contributed by atoms with Gasteiger partial charge in [0.15, 0.2) is 9.84 Å². The Morgan fingerprint density at radius 2 is 2.13 bits per heavy atom. The maximum atomic E-state index is 11.9. The zero-order chi connectivity index (χ0) is 10.9. The average molecular weight is 233 g/mol. The molecule has 2 fully saturated rings. The van der Waals surface area contributed by atoms with Crippen molar-refractivity contribution in [2.45, 2.75) is 42.9 Å². The first kappa shape index (κ1) is 11.4. The summed E-state index contributed by atoms with van der Waals surface area (Å²) in [7, 11) is -2.98. The number of rotatable bonds is 2. The third-order valence-corrected chi connectivity index (χ3v) is 6.17. The molecule has 2 saturated heterocycles. The van der Waals surface area contributed by atoms with Crippen LogP contribution >= 0.6 is 0 Å². The zero-order valence-electron chi connectivity index (χ0n) is 8.91. The lowest BCUT2D eigenvalue weighted by Crippen LogP contribution is -2.60. The summed E-state index contributed by atoms with van der Waals surface area (Å²) >= 11 is 0. The minimum absolute atomic E-state index is 0.0586. The molecule has 88 valence electrons. The summed E-state index contributed by atoms with van der Waals surface area (Å²) in [5.74, 6) is 0.293. The van der Waals surface area contributed by atoms with E-state index in [0.717, 1.165) is 32.2 Å². The van der Waals surface area contributed by atoms with Crippen molar-refractivity contribution in [1.29, 1.82) is 0 Å². The van der Waals surface area contributed by atoms with Gasteiger partial charge in [-0.1, -0.05) is 6.42 Å². The molecule has 0 saturated carbocycles. The topological polar surface area (TPSA) is 66.4 Å². The smallest absolute Gasteiger partial charge is 0.155 e. The molecule has 0 aromatic rings. The van der Waals surface area contributed by atoms with Crippen LogP contribution in [-0.4, -0.2) is 43.2 Å². The number of nitrogens with one attached hydrogen (secondary N) is 1. The predicted molar refractivity (Wildman–Crippen MR) is 58.5 cm³/mol. The fourth-order valence-electron chi connectivity index (χ4n) is 2.91. The summed E-state index contributed by atoms with van der Waals surface area (Å²) < 4.78 is 23.7. The van der Waals surface area contributed by atoms with E-state index in [-0.39, 0.29) is 11.9 Å². The lowest BCUT2D eigenvalue weighted by atomic mass is 9.84. The van der Waals surface area contributed by atoms with Gasteiger partial charge in [-0.25, -0.2) is 8.42 Å². The lowest BCUT2D eigenvalue weighted by molar-refractivity contribution is 0.126. The SMILES string of the molecule is O=S1(=O)CCCC1C1(CO)CCCCN1. The van der Waals surface area contributed by atoms with Crippen LogP contribution in [0.15, 0.2) is 0 Å². The molecule has 5 heteroatoms. The first-order valence-electron chi connectivity index (χ1n) is 5.68. The van der Waals surface area contributed by atoms with E-state index in [1.807, 2.05) is 0 Å². The van der Waals surface area contributed by atoms with Crippen LogP contribution in [-0.2, 0) is 9.84 Å². The van der Waals surface area contributed by atoms with Crippen LogP contribution in [0.2, 0.25) is 0 Å². The highest BCUT2D eigenvalue weighted by atomic mass is 32.2. The van der Waals surface area contributed by atoms with E-state index in [2.05, 4.69) is 5.32 Å². The highest BCUT2D eigenvalue weighted by Gasteiger charge is 2.48. The van der Waals surface area contributed by atoms with Crippen LogP contribution < -0.4 is 5.32 Å². The van der Waals surface area contributed by atoms with Crippen LogP contribution in [0.1, 0.15) is 32.1 Å². The molecule has 2 rings (SSSR count). The van der Waals surface area contributed by atoms with Crippen molar-refractivity contribution in [3.8, 4) is 0 Å². The van der Waals surface area contributed by atoms with Gasteiger partial charge in [0.1, 0.15) is 0 Å². The molecule has 0 amide bonds. The monoisotopic (exact) mass is 233 g/mol. The Hall–Kier alpha value is -0.130. The first-order chi connectivity index (χ1) is 7.11. The van der Waals surface area contributed by atoms with E-state index < -0.39 is 15.4 Å². The molecular weight excluding hydrogens is 214 g/mol. The fourth-order valence-corrected chi connectivity index (χ4v) is 5.26. The van der Waals surface area contributed by atoms with Gasteiger partial charge in [-0.15, -0.1) is 0 Å². The average Bonchev–Trinajstić information content (AvgIpc) is 2.60. The number of aliphatic hydroxyl groups is 1. The molecule has 2 aliphatic heterocycles. The molecule has 2 atom stereocenters. The number of sulfone groups is 1. The second-order valence-corrected chi connectivity index (χ2v) is 7.00. The van der Waals surface area contributed by atoms with Gasteiger partial charge in [-0.3, -0.25) is 0 Å². The number of hydrogen-bond acceptors (Lipinski definition) is 4. The van der Waals surface area contributed by atoms with E-state index in [4.69, 9.17) is 0 Å². The Kier molecular flexibility index (Phi) is 3.05. The molecule has 0 bridgehead atoms. The maximum absolute atomic E-state index is 11.9. The Bertz CT molecular complexity index is 320. The third-order valence-electron chi connectivity index (χ3n) is 3.75. The number of aliphatic hydroxyl groups excluding tert-OH is 1. The van der Waals surface area contributed by atoms with Gasteiger partial charge in [-0.2, -0.15) is 0 Å². The Morgan fingerprint density at radius 3 is 2.60 bits per heavy atom. The highest BCUT2D eigenvalue weighted by molar-refractivity contribution is 7.92. The molecule has 0 aromatic carbocycles. The molecule has 0 aliphatic carbocycles. The zero-order valence-corrected chi connectivity index (χ0v) is 9.72. The van der Waals surface area contributed by atoms with Crippen LogP contribution in [0, 0.1) is 0 Å². The van der Waals surface area contributed by atoms with E-state index in [1.54, 1.807) is 0 Å². The minimum atomic E-state index is -2.98. The molecular formula is C10H19NO3S. The standard InChI is InChI=1S/C10H19NO3S/c12-8-10(5-1-2-6-11-10)9-4-3-7-15(9,13)14/h9,11-12H,1-8H2. The maximum Gasteiger partial charge on any atom is 0.155 e. The summed E-state index contributed by atoms with van der Waals surface area (Å²) in [6, 6.07) is 0. The van der Waals surface area contributed by atoms with Crippen molar-refractivity contribution in [3.63, 3.8) is 0 Å². The highest BCUT2D eigenvalue weighted by Crippen LogP contribution is 2.34. The van der Waals surface area contributed by atoms with Crippen molar-refractivity contribution in [2.24, 2.45) is 0 Å². The second-order valence-electron chi connectivity index (χ2n) is 4.70. The predicted octanol–water partition coefficient (Wildman–Crippen LogP) is 0.0682. The van der Waals surface area contributed by atoms with Crippen LogP contribution in [0.4, 0.5) is 0 Å². The first-order valence-corrected chi connectivity index (χ1v) is 7.40. The second kappa shape index (κ2) is 4.03. The summed E-state index contributed by atoms with van der Waals surface area (Å²) in [5, 5.41) is 12.4. The summed E-state index contributed by atoms with van der Waals surface area (Å²) in [4.78, 5) is 0. The summed E-state index contributed by atoms with van der Waals surface area (Å²) in [6.45, 7) is 0.767. The van der Waals surface area contributed by atoms with Crippen LogP contribution in [0.25, 0.3) is 0 Å². The van der Waals surface area contributed by atoms with Gasteiger partial charge < -0.3 is 10.4 Å². The van der Waals surface area contributed by atoms with Crippen molar-refractivity contribution in [2.75, 3.05) is 18.9 Å². The summed E-state index contributed by atoms with van der Waals surface area (Å²) in [5.41, 5.74) is -0.548. The van der Waals surface area contributed by atoms with E-state index in [1.165, 1.54) is 0 Å². The van der Waals surface area contributed by atoms with Crippen molar-refractivity contribution in [3.05, 3.63) is 0 Å². The van der Waals surface area contributed by atoms with E-state index >= 15 is 0 Å². The molecule has 15 heavy (non-hydrogen) atoms. The molecule has 2 aliphatic rings. The summed E-state index contributed by atoms with van der Waals surface area (Å²) in [6.07, 6.45) is 4.33. The largest absolute Gasteiger partial charge is 0.394 e. The molecule has 2 N–H and O–H groups in total. The number of hydrogen-bond donors (Lipinski definition) is 2. The molecule has 2 unspecified atom stereocenters. The van der Waals surface area contributed by atoms with Gasteiger partial charge >= 0.3 is 0 Å². The normalized spacial score (nSPS) is 40.5. The third kappa shape index (κ3) is 1.92. The molecule has 4 nitrogen and oxygen atoms in total. The van der Waals surface area contributed by atoms with Crippen molar-refractivity contribution in [1.82, 2.24) is 5.32 Å². The minimum Gasteiger partial charge on any atom is -0.394 e. The van der Waals surface area contributed by atoms with Gasteiger partial charge in [-0.05, 0) is 32.2 Å². The van der Waals surface area contributed by atoms with Crippen LogP contribution in [0.5, 0.6) is 0 Å². The van der Waals surface area contributed by atoms with Crippen molar-refractivity contribution < 1.29 is 13.5 Å². The van der Waals surface area contributed by atoms with Gasteiger partial charge in [0, 0.05) is 0 Å². The molecule has 0 spiro atoms. The fraction of sp³-hybridized carbons (Fsp3) is 1.00. The van der Waals surface area contributed by atoms with Gasteiger partial charge in [0.25, 0.3) is 0 Å². The lowest BCUT2D eigenvalue weighted by Gasteiger charge is -2.40. The van der Waals surface area contributed by atoms with Gasteiger partial charge in [0.05, 0.1) is 23.1 Å². The molecule has 2 heterocycles. The Balaban J connectivity index is 2.25.